The summed E-state index contributed by atoms with van der Waals surface area (Å²) in [6.45, 7) is 5.43. The Morgan fingerprint density at radius 1 is 1.06 bits per heavy atom. The lowest BCUT2D eigenvalue weighted by molar-refractivity contribution is -0.141. The second-order valence-corrected chi connectivity index (χ2v) is 8.90. The molecule has 35 heavy (non-hydrogen) atoms. The number of aliphatic hydroxyl groups excluding tert-OH is 2. The zero-order chi connectivity index (χ0) is 25.7. The van der Waals surface area contributed by atoms with Crippen molar-refractivity contribution in [1.82, 2.24) is 9.88 Å². The van der Waals surface area contributed by atoms with Crippen molar-refractivity contribution in [3.05, 3.63) is 66.1 Å². The molecule has 0 aliphatic heterocycles. The van der Waals surface area contributed by atoms with Crippen LogP contribution in [0.1, 0.15) is 45.3 Å². The molecule has 3 aromatic rings. The minimum Gasteiger partial charge on any atom is -0.480 e. The molecule has 1 heterocycles. The van der Waals surface area contributed by atoms with Gasteiger partial charge in [0.25, 0.3) is 0 Å². The first-order valence-electron chi connectivity index (χ1n) is 11.5. The summed E-state index contributed by atoms with van der Waals surface area (Å²) in [4.78, 5) is 22.8. The van der Waals surface area contributed by atoms with E-state index in [-0.39, 0.29) is 24.7 Å². The minimum atomic E-state index is -1.17. The van der Waals surface area contributed by atoms with E-state index in [9.17, 15) is 24.2 Å². The number of aliphatic hydroxyl groups is 2. The molecule has 3 atom stereocenters. The van der Waals surface area contributed by atoms with Crippen molar-refractivity contribution >= 4 is 28.9 Å². The van der Waals surface area contributed by atoms with Gasteiger partial charge < -0.3 is 25.2 Å². The standard InChI is InChI=1S/C27H31FN2O5/c1-16(2)30-23-7-5-4-6-22(23)26(18-8-10-19(28)11-9-18)24(30)13-12-20(31)14-21(32)15-25(33)29-17(3)27(34)35/h4-13,16-17,20-21,31-32H,14-15H2,1-3H3,(H,29,33)(H,34,35)/t17-,20-,21-/m0/s1. The average Bonchev–Trinajstić information content (AvgIpc) is 3.12. The largest absolute Gasteiger partial charge is 0.480 e. The van der Waals surface area contributed by atoms with Gasteiger partial charge >= 0.3 is 5.97 Å². The molecule has 0 unspecified atom stereocenters. The molecule has 0 spiro atoms. The number of nitrogens with zero attached hydrogens (tertiary/aromatic N) is 1. The number of aromatic nitrogens is 1. The van der Waals surface area contributed by atoms with Crippen molar-refractivity contribution in [3.63, 3.8) is 0 Å². The highest BCUT2D eigenvalue weighted by molar-refractivity contribution is 6.01. The number of para-hydroxylation sites is 1. The van der Waals surface area contributed by atoms with Crippen LogP contribution in [0, 0.1) is 5.82 Å². The molecule has 0 radical (unpaired) electrons. The average molecular weight is 483 g/mol. The van der Waals surface area contributed by atoms with Crippen LogP contribution in [0.3, 0.4) is 0 Å². The first-order chi connectivity index (χ1) is 16.6. The second kappa shape index (κ2) is 11.3. The van der Waals surface area contributed by atoms with Crippen molar-refractivity contribution < 1.29 is 29.3 Å². The number of carbonyl (C=O) groups is 2. The number of aliphatic carboxylic acids is 1. The van der Waals surface area contributed by atoms with Crippen LogP contribution in [0.4, 0.5) is 4.39 Å². The summed E-state index contributed by atoms with van der Waals surface area (Å²) in [6.07, 6.45) is 0.719. The van der Waals surface area contributed by atoms with E-state index in [1.807, 2.05) is 24.3 Å². The zero-order valence-corrected chi connectivity index (χ0v) is 20.0. The van der Waals surface area contributed by atoms with Crippen molar-refractivity contribution in [1.29, 1.82) is 0 Å². The lowest BCUT2D eigenvalue weighted by Gasteiger charge is -2.16. The van der Waals surface area contributed by atoms with E-state index < -0.39 is 30.1 Å². The van der Waals surface area contributed by atoms with Crippen molar-refractivity contribution in [3.8, 4) is 11.1 Å². The van der Waals surface area contributed by atoms with Crippen LogP contribution in [0.5, 0.6) is 0 Å². The first-order valence-corrected chi connectivity index (χ1v) is 11.5. The van der Waals surface area contributed by atoms with Gasteiger partial charge in [-0.1, -0.05) is 36.4 Å². The molecule has 1 aromatic heterocycles. The van der Waals surface area contributed by atoms with Gasteiger partial charge in [-0.3, -0.25) is 9.59 Å². The lowest BCUT2D eigenvalue weighted by Crippen LogP contribution is -2.39. The number of benzene rings is 2. The van der Waals surface area contributed by atoms with Gasteiger partial charge in [-0.15, -0.1) is 0 Å². The van der Waals surface area contributed by atoms with Crippen LogP contribution in [0.25, 0.3) is 28.1 Å². The summed E-state index contributed by atoms with van der Waals surface area (Å²) in [5.74, 6) is -2.11. The Bertz CT molecular complexity index is 1220. The number of fused-ring (bicyclic) bond motifs is 1. The molecule has 0 aliphatic rings. The number of nitrogens with one attached hydrogen (secondary N) is 1. The van der Waals surface area contributed by atoms with Gasteiger partial charge in [0.15, 0.2) is 0 Å². The predicted molar refractivity (Wildman–Crippen MR) is 133 cm³/mol. The molecule has 4 N–H and O–H groups in total. The fourth-order valence-electron chi connectivity index (χ4n) is 4.14. The first kappa shape index (κ1) is 26.1. The maximum Gasteiger partial charge on any atom is 0.325 e. The quantitative estimate of drug-likeness (QED) is 0.347. The molecule has 8 heteroatoms. The maximum absolute atomic E-state index is 13.6. The van der Waals surface area contributed by atoms with Crippen molar-refractivity contribution in [2.24, 2.45) is 0 Å². The summed E-state index contributed by atoms with van der Waals surface area (Å²) >= 11 is 0. The highest BCUT2D eigenvalue weighted by Gasteiger charge is 2.20. The van der Waals surface area contributed by atoms with Gasteiger partial charge in [0.1, 0.15) is 11.9 Å². The normalized spacial score (nSPS) is 14.4. The molecule has 0 bridgehead atoms. The Morgan fingerprint density at radius 2 is 1.71 bits per heavy atom. The Morgan fingerprint density at radius 3 is 2.34 bits per heavy atom. The van der Waals surface area contributed by atoms with Crippen LogP contribution < -0.4 is 5.32 Å². The summed E-state index contributed by atoms with van der Waals surface area (Å²) in [5.41, 5.74) is 3.57. The molecule has 7 nitrogen and oxygen atoms in total. The minimum absolute atomic E-state index is 0.0939. The van der Waals surface area contributed by atoms with Crippen molar-refractivity contribution in [2.45, 2.75) is 57.9 Å². The summed E-state index contributed by atoms with van der Waals surface area (Å²) in [5, 5.41) is 32.9. The molecule has 0 saturated heterocycles. The number of hydrogen-bond donors (Lipinski definition) is 4. The van der Waals surface area contributed by atoms with Crippen LogP contribution in [0.15, 0.2) is 54.6 Å². The third-order valence-corrected chi connectivity index (χ3v) is 5.76. The topological polar surface area (TPSA) is 112 Å². The van der Waals surface area contributed by atoms with E-state index in [2.05, 4.69) is 23.7 Å². The predicted octanol–water partition coefficient (Wildman–Crippen LogP) is 4.13. The van der Waals surface area contributed by atoms with E-state index in [0.29, 0.717) is 0 Å². The van der Waals surface area contributed by atoms with E-state index in [4.69, 9.17) is 5.11 Å². The third kappa shape index (κ3) is 6.35. The summed E-state index contributed by atoms with van der Waals surface area (Å²) in [7, 11) is 0. The zero-order valence-electron chi connectivity index (χ0n) is 20.0. The molecule has 186 valence electrons. The van der Waals surface area contributed by atoms with E-state index in [1.165, 1.54) is 19.1 Å². The molecule has 1 amide bonds. The number of amides is 1. The van der Waals surface area contributed by atoms with Crippen molar-refractivity contribution in [2.75, 3.05) is 0 Å². The summed E-state index contributed by atoms with van der Waals surface area (Å²) in [6, 6.07) is 13.2. The van der Waals surface area contributed by atoms with E-state index in [0.717, 1.165) is 27.7 Å². The van der Waals surface area contributed by atoms with E-state index >= 15 is 0 Å². The highest BCUT2D eigenvalue weighted by Crippen LogP contribution is 2.38. The van der Waals surface area contributed by atoms with Crippen LogP contribution in [-0.4, -0.2) is 50.0 Å². The number of rotatable bonds is 10. The monoisotopic (exact) mass is 482 g/mol. The molecule has 0 saturated carbocycles. The van der Waals surface area contributed by atoms with Crippen LogP contribution in [-0.2, 0) is 9.59 Å². The lowest BCUT2D eigenvalue weighted by atomic mass is 10.0. The van der Waals surface area contributed by atoms with E-state index in [1.54, 1.807) is 24.3 Å². The molecule has 2 aromatic carbocycles. The molecule has 3 rings (SSSR count). The Balaban J connectivity index is 1.87. The Labute approximate surface area is 203 Å². The third-order valence-electron chi connectivity index (χ3n) is 5.76. The number of hydrogen-bond acceptors (Lipinski definition) is 4. The van der Waals surface area contributed by atoms with Gasteiger partial charge in [0, 0.05) is 34.6 Å². The number of carboxylic acid groups (broad SMARTS) is 1. The Hall–Kier alpha value is -3.49. The fourth-order valence-corrected chi connectivity index (χ4v) is 4.14. The van der Waals surface area contributed by atoms with Gasteiger partial charge in [0.2, 0.25) is 5.91 Å². The maximum atomic E-state index is 13.6. The molecular weight excluding hydrogens is 451 g/mol. The molecule has 0 aliphatic carbocycles. The van der Waals surface area contributed by atoms with Crippen LogP contribution >= 0.6 is 0 Å². The van der Waals surface area contributed by atoms with Gasteiger partial charge in [0.05, 0.1) is 18.6 Å². The van der Waals surface area contributed by atoms with Gasteiger partial charge in [-0.2, -0.15) is 0 Å². The SMILES string of the molecule is CC(C)n1c(C=C[C@H](O)C[C@H](O)CC(=O)N[C@@H](C)C(=O)O)c(-c2ccc(F)cc2)c2ccccc21. The number of carboxylic acids is 1. The summed E-state index contributed by atoms with van der Waals surface area (Å²) < 4.78 is 15.7. The van der Waals surface area contributed by atoms with Crippen LogP contribution in [0.2, 0.25) is 0 Å². The fraction of sp³-hybridized carbons (Fsp3) is 0.333. The smallest absolute Gasteiger partial charge is 0.325 e. The Kier molecular flexibility index (Phi) is 8.43. The number of halogens is 1. The van der Waals surface area contributed by atoms with Gasteiger partial charge in [-0.25, -0.2) is 4.39 Å². The molecule has 0 fully saturated rings. The van der Waals surface area contributed by atoms with Gasteiger partial charge in [-0.05, 0) is 50.6 Å². The second-order valence-electron chi connectivity index (χ2n) is 8.90. The molecular formula is C27H31FN2O5. The number of carbonyl (C=O) groups excluding carboxylic acids is 1. The highest BCUT2D eigenvalue weighted by atomic mass is 19.1.